The van der Waals surface area contributed by atoms with Gasteiger partial charge in [0.15, 0.2) is 0 Å². The van der Waals surface area contributed by atoms with Crippen molar-refractivity contribution in [1.82, 2.24) is 5.32 Å². The van der Waals surface area contributed by atoms with E-state index in [4.69, 9.17) is 4.74 Å². The highest BCUT2D eigenvalue weighted by Crippen LogP contribution is 2.20. The van der Waals surface area contributed by atoms with Crippen LogP contribution in [0.2, 0.25) is 0 Å². The molecule has 3 rings (SSSR count). The summed E-state index contributed by atoms with van der Waals surface area (Å²) in [7, 11) is 0. The Balaban J connectivity index is 1.55. The number of ether oxygens (including phenoxy) is 1. The molecule has 0 aliphatic rings. The van der Waals surface area contributed by atoms with Crippen LogP contribution in [0.25, 0.3) is 11.1 Å². The van der Waals surface area contributed by atoms with Crippen LogP contribution < -0.4 is 16.0 Å². The average Bonchev–Trinajstić information content (AvgIpc) is 2.77. The number of hydrogen-bond acceptors (Lipinski definition) is 4. The van der Waals surface area contributed by atoms with Crippen LogP contribution in [0.3, 0.4) is 0 Å². The summed E-state index contributed by atoms with van der Waals surface area (Å²) in [6.45, 7) is 4.98. The molecule has 7 heteroatoms. The monoisotopic (exact) mass is 445 g/mol. The third kappa shape index (κ3) is 7.50. The third-order valence-corrected chi connectivity index (χ3v) is 4.45. The molecule has 3 aromatic carbocycles. The SMILES string of the molecule is CC(C)(C)OC(=O)NCC(=O)Nc1cccc(NC(=O)c2ccc(-c3ccccc3)cc2)c1. The molecule has 0 aliphatic carbocycles. The Morgan fingerprint density at radius 3 is 2.00 bits per heavy atom. The van der Waals surface area contributed by atoms with E-state index in [2.05, 4.69) is 16.0 Å². The number of nitrogens with one attached hydrogen (secondary N) is 3. The van der Waals surface area contributed by atoms with E-state index >= 15 is 0 Å². The topological polar surface area (TPSA) is 96.5 Å². The van der Waals surface area contributed by atoms with E-state index in [1.807, 2.05) is 42.5 Å². The second-order valence-corrected chi connectivity index (χ2v) is 8.38. The first-order valence-corrected chi connectivity index (χ1v) is 10.5. The van der Waals surface area contributed by atoms with Crippen LogP contribution in [0, 0.1) is 0 Å². The highest BCUT2D eigenvalue weighted by Gasteiger charge is 2.16. The highest BCUT2D eigenvalue weighted by molar-refractivity contribution is 6.05. The summed E-state index contributed by atoms with van der Waals surface area (Å²) in [4.78, 5) is 36.4. The molecule has 3 aromatic rings. The summed E-state index contributed by atoms with van der Waals surface area (Å²) >= 11 is 0. The summed E-state index contributed by atoms with van der Waals surface area (Å²) in [5.74, 6) is -0.675. The minimum Gasteiger partial charge on any atom is -0.444 e. The van der Waals surface area contributed by atoms with Crippen molar-refractivity contribution in [3.8, 4) is 11.1 Å². The van der Waals surface area contributed by atoms with E-state index < -0.39 is 17.6 Å². The summed E-state index contributed by atoms with van der Waals surface area (Å²) < 4.78 is 5.10. The first kappa shape index (κ1) is 23.5. The lowest BCUT2D eigenvalue weighted by molar-refractivity contribution is -0.115. The number of anilines is 2. The van der Waals surface area contributed by atoms with Gasteiger partial charge < -0.3 is 20.7 Å². The number of hydrogen-bond donors (Lipinski definition) is 3. The van der Waals surface area contributed by atoms with Gasteiger partial charge in [0, 0.05) is 16.9 Å². The van der Waals surface area contributed by atoms with Crippen LogP contribution in [0.5, 0.6) is 0 Å². The Morgan fingerprint density at radius 1 is 0.758 bits per heavy atom. The second-order valence-electron chi connectivity index (χ2n) is 8.38. The maximum absolute atomic E-state index is 12.6. The quantitative estimate of drug-likeness (QED) is 0.494. The Kier molecular flexibility index (Phi) is 7.46. The first-order valence-electron chi connectivity index (χ1n) is 10.5. The third-order valence-electron chi connectivity index (χ3n) is 4.45. The fraction of sp³-hybridized carbons (Fsp3) is 0.192. The molecule has 3 N–H and O–H groups in total. The van der Waals surface area contributed by atoms with Crippen molar-refractivity contribution in [2.24, 2.45) is 0 Å². The van der Waals surface area contributed by atoms with Crippen LogP contribution in [-0.2, 0) is 9.53 Å². The fourth-order valence-electron chi connectivity index (χ4n) is 2.99. The van der Waals surface area contributed by atoms with Gasteiger partial charge in [-0.3, -0.25) is 9.59 Å². The van der Waals surface area contributed by atoms with Crippen LogP contribution in [0.15, 0.2) is 78.9 Å². The predicted octanol–water partition coefficient (Wildman–Crippen LogP) is 5.07. The second kappa shape index (κ2) is 10.5. The Bertz CT molecular complexity index is 1120. The van der Waals surface area contributed by atoms with E-state index in [0.29, 0.717) is 16.9 Å². The molecule has 0 fully saturated rings. The molecule has 0 atom stereocenters. The zero-order chi connectivity index (χ0) is 23.8. The number of alkyl carbamates (subject to hydrolysis) is 1. The molecular formula is C26H27N3O4. The van der Waals surface area contributed by atoms with Gasteiger partial charge in [-0.2, -0.15) is 0 Å². The number of carbonyl (C=O) groups is 3. The molecule has 0 saturated carbocycles. The van der Waals surface area contributed by atoms with Crippen molar-refractivity contribution in [2.75, 3.05) is 17.2 Å². The molecule has 0 unspecified atom stereocenters. The van der Waals surface area contributed by atoms with Crippen molar-refractivity contribution >= 4 is 29.3 Å². The summed E-state index contributed by atoms with van der Waals surface area (Å²) in [6, 6.07) is 24.0. The van der Waals surface area contributed by atoms with Crippen LogP contribution in [0.1, 0.15) is 31.1 Å². The van der Waals surface area contributed by atoms with E-state index in [0.717, 1.165) is 11.1 Å². The summed E-state index contributed by atoms with van der Waals surface area (Å²) in [6.07, 6.45) is -0.669. The molecule has 0 saturated heterocycles. The Morgan fingerprint density at radius 2 is 1.36 bits per heavy atom. The number of rotatable bonds is 6. The first-order chi connectivity index (χ1) is 15.7. The maximum atomic E-state index is 12.6. The number of carbonyl (C=O) groups excluding carboxylic acids is 3. The van der Waals surface area contributed by atoms with Gasteiger partial charge in [-0.25, -0.2) is 4.79 Å². The Labute approximate surface area is 193 Å². The van der Waals surface area contributed by atoms with E-state index in [1.165, 1.54) is 0 Å². The smallest absolute Gasteiger partial charge is 0.408 e. The van der Waals surface area contributed by atoms with Crippen LogP contribution in [0.4, 0.5) is 16.2 Å². The Hall–Kier alpha value is -4.13. The molecule has 0 spiro atoms. The predicted molar refractivity (Wildman–Crippen MR) is 129 cm³/mol. The maximum Gasteiger partial charge on any atom is 0.408 e. The molecule has 0 aromatic heterocycles. The van der Waals surface area contributed by atoms with Gasteiger partial charge in [-0.05, 0) is 62.2 Å². The molecule has 3 amide bonds. The van der Waals surface area contributed by atoms with Gasteiger partial charge in [0.1, 0.15) is 12.1 Å². The molecule has 0 radical (unpaired) electrons. The lowest BCUT2D eigenvalue weighted by Gasteiger charge is -2.19. The minimum absolute atomic E-state index is 0.237. The molecule has 0 aliphatic heterocycles. The van der Waals surface area contributed by atoms with Crippen molar-refractivity contribution in [3.05, 3.63) is 84.4 Å². The van der Waals surface area contributed by atoms with Gasteiger partial charge in [0.2, 0.25) is 5.91 Å². The number of benzene rings is 3. The van der Waals surface area contributed by atoms with E-state index in [-0.39, 0.29) is 12.5 Å². The lowest BCUT2D eigenvalue weighted by atomic mass is 10.0. The van der Waals surface area contributed by atoms with Crippen LogP contribution in [-0.4, -0.2) is 30.1 Å². The van der Waals surface area contributed by atoms with Gasteiger partial charge in [0.05, 0.1) is 0 Å². The highest BCUT2D eigenvalue weighted by atomic mass is 16.6. The van der Waals surface area contributed by atoms with Gasteiger partial charge >= 0.3 is 6.09 Å². The van der Waals surface area contributed by atoms with E-state index in [9.17, 15) is 14.4 Å². The molecule has 0 heterocycles. The van der Waals surface area contributed by atoms with Crippen molar-refractivity contribution < 1.29 is 19.1 Å². The molecule has 33 heavy (non-hydrogen) atoms. The van der Waals surface area contributed by atoms with Gasteiger partial charge in [-0.15, -0.1) is 0 Å². The normalized spacial score (nSPS) is 10.8. The lowest BCUT2D eigenvalue weighted by Crippen LogP contribution is -2.37. The fourth-order valence-corrected chi connectivity index (χ4v) is 2.99. The summed E-state index contributed by atoms with van der Waals surface area (Å²) in [5, 5.41) is 7.91. The molecule has 0 bridgehead atoms. The van der Waals surface area contributed by atoms with Crippen LogP contribution >= 0.6 is 0 Å². The molecular weight excluding hydrogens is 418 g/mol. The van der Waals surface area contributed by atoms with Gasteiger partial charge in [-0.1, -0.05) is 48.5 Å². The van der Waals surface area contributed by atoms with Crippen molar-refractivity contribution in [3.63, 3.8) is 0 Å². The van der Waals surface area contributed by atoms with E-state index in [1.54, 1.807) is 57.2 Å². The standard InChI is InChI=1S/C26H27N3O4/c1-26(2,3)33-25(32)27-17-23(30)28-21-10-7-11-22(16-21)29-24(31)20-14-12-19(13-15-20)18-8-5-4-6-9-18/h4-16H,17H2,1-3H3,(H,27,32)(H,28,30)(H,29,31). The minimum atomic E-state index is -0.669. The van der Waals surface area contributed by atoms with Crippen molar-refractivity contribution in [2.45, 2.75) is 26.4 Å². The zero-order valence-corrected chi connectivity index (χ0v) is 18.8. The van der Waals surface area contributed by atoms with Crippen molar-refractivity contribution in [1.29, 1.82) is 0 Å². The average molecular weight is 446 g/mol. The largest absolute Gasteiger partial charge is 0.444 e. The molecule has 7 nitrogen and oxygen atoms in total. The molecule has 170 valence electrons. The summed E-state index contributed by atoms with van der Waals surface area (Å²) in [5.41, 5.74) is 3.00. The zero-order valence-electron chi connectivity index (χ0n) is 18.8. The van der Waals surface area contributed by atoms with Gasteiger partial charge in [0.25, 0.3) is 5.91 Å². The number of amides is 3.